The molecule has 0 N–H and O–H groups in total. The first-order valence-electron chi connectivity index (χ1n) is 7.70. The Labute approximate surface area is 178 Å². The summed E-state index contributed by atoms with van der Waals surface area (Å²) in [6, 6.07) is 2.29. The van der Waals surface area contributed by atoms with E-state index in [1.807, 2.05) is 0 Å². The maximum atomic E-state index is 13.8. The Morgan fingerprint density at radius 1 is 0.871 bits per heavy atom. The van der Waals surface area contributed by atoms with Gasteiger partial charge in [0.2, 0.25) is 0 Å². The van der Waals surface area contributed by atoms with Gasteiger partial charge in [0.1, 0.15) is 40.9 Å². The van der Waals surface area contributed by atoms with Gasteiger partial charge in [0.05, 0.1) is 11.1 Å². The van der Waals surface area contributed by atoms with Crippen molar-refractivity contribution in [3.8, 4) is 23.0 Å². The quantitative estimate of drug-likeness (QED) is 0.363. The molecule has 2 aromatic carbocycles. The average Bonchev–Trinajstić information content (AvgIpc) is 2.54. The number of ether oxygens (including phenoxy) is 3. The van der Waals surface area contributed by atoms with Crippen LogP contribution in [-0.4, -0.2) is 40.4 Å². The van der Waals surface area contributed by atoms with E-state index < -0.39 is 63.0 Å². The van der Waals surface area contributed by atoms with E-state index in [9.17, 15) is 35.5 Å². The number of halogens is 8. The molecular formula is C16H5B3ClF7O4. The second kappa shape index (κ2) is 8.56. The molecule has 0 spiro atoms. The molecule has 0 heterocycles. The van der Waals surface area contributed by atoms with Crippen molar-refractivity contribution in [1.82, 2.24) is 0 Å². The van der Waals surface area contributed by atoms with E-state index >= 15 is 0 Å². The van der Waals surface area contributed by atoms with E-state index in [0.717, 1.165) is 6.07 Å². The van der Waals surface area contributed by atoms with Crippen molar-refractivity contribution < 1.29 is 49.7 Å². The van der Waals surface area contributed by atoms with Crippen LogP contribution in [0.2, 0.25) is 0 Å². The van der Waals surface area contributed by atoms with Crippen molar-refractivity contribution in [3.63, 3.8) is 0 Å². The van der Waals surface area contributed by atoms with Crippen LogP contribution in [0, 0.1) is 5.82 Å². The summed E-state index contributed by atoms with van der Waals surface area (Å²) in [6.07, 6.45) is -10.3. The molecule has 0 aromatic heterocycles. The summed E-state index contributed by atoms with van der Waals surface area (Å²) >= 11 is 5.25. The van der Waals surface area contributed by atoms with Crippen molar-refractivity contribution >= 4 is 40.4 Å². The zero-order chi connectivity index (χ0) is 23.8. The largest absolute Gasteiger partial charge is 0.573 e. The van der Waals surface area contributed by atoms with Crippen LogP contribution in [0.15, 0.2) is 30.3 Å². The van der Waals surface area contributed by atoms with E-state index in [0.29, 0.717) is 12.1 Å². The SMILES string of the molecule is [B]C([B])([B])Oc1cc(OC(F)(F)F)ccc1Oc1cc(C(F)(F)F)c(F)cc1C(=O)Cl. The molecule has 31 heavy (non-hydrogen) atoms. The van der Waals surface area contributed by atoms with Crippen molar-refractivity contribution in [3.05, 3.63) is 47.3 Å². The molecule has 4 nitrogen and oxygen atoms in total. The summed E-state index contributed by atoms with van der Waals surface area (Å²) in [5, 5.41) is -3.87. The second-order valence-corrected chi connectivity index (χ2v) is 6.16. The predicted octanol–water partition coefficient (Wildman–Crippen LogP) is 4.41. The summed E-state index contributed by atoms with van der Waals surface area (Å²) in [5.74, 6) is -4.92. The van der Waals surface area contributed by atoms with E-state index in [1.165, 1.54) is 0 Å². The van der Waals surface area contributed by atoms with Gasteiger partial charge >= 0.3 is 12.5 Å². The number of benzene rings is 2. The minimum Gasteiger partial charge on any atom is -0.512 e. The smallest absolute Gasteiger partial charge is 0.512 e. The van der Waals surface area contributed by atoms with Crippen LogP contribution in [0.3, 0.4) is 0 Å². The van der Waals surface area contributed by atoms with Crippen LogP contribution in [0.4, 0.5) is 30.7 Å². The Morgan fingerprint density at radius 3 is 1.97 bits per heavy atom. The Hall–Kier alpha value is -2.50. The van der Waals surface area contributed by atoms with Gasteiger partial charge in [0.15, 0.2) is 11.5 Å². The first kappa shape index (κ1) is 24.8. The normalized spacial score (nSPS) is 12.4. The Kier molecular flexibility index (Phi) is 6.84. The minimum atomic E-state index is -5.18. The standard InChI is InChI=1S/C16H5B3ClF7O4/c17-15(18,19)31-12-3-6(30-16(25,26)27)1-2-10(12)29-11-5-8(14(22,23)24)9(21)4-7(11)13(20)28/h1-5H. The van der Waals surface area contributed by atoms with E-state index in [2.05, 4.69) is 4.74 Å². The highest BCUT2D eigenvalue weighted by atomic mass is 35.5. The maximum absolute atomic E-state index is 13.8. The number of carbonyl (C=O) groups excluding carboxylic acids is 1. The number of carbonyl (C=O) groups is 1. The fraction of sp³-hybridized carbons (Fsp3) is 0.188. The Morgan fingerprint density at radius 2 is 1.48 bits per heavy atom. The molecule has 0 saturated heterocycles. The average molecular weight is 462 g/mol. The molecule has 0 bridgehead atoms. The van der Waals surface area contributed by atoms with Gasteiger partial charge in [-0.05, 0) is 41.2 Å². The lowest BCUT2D eigenvalue weighted by Crippen LogP contribution is -2.37. The summed E-state index contributed by atoms with van der Waals surface area (Å²) < 4.78 is 104. The third kappa shape index (κ3) is 7.01. The molecule has 158 valence electrons. The molecule has 0 aliphatic rings. The Balaban J connectivity index is 2.59. The zero-order valence-electron chi connectivity index (χ0n) is 14.8. The third-order valence-electron chi connectivity index (χ3n) is 3.24. The van der Waals surface area contributed by atoms with E-state index in [-0.39, 0.29) is 12.1 Å². The third-order valence-corrected chi connectivity index (χ3v) is 3.45. The van der Waals surface area contributed by atoms with Gasteiger partial charge in [-0.15, -0.1) is 13.2 Å². The molecule has 6 radical (unpaired) electrons. The number of hydrogen-bond donors (Lipinski definition) is 0. The molecule has 15 heteroatoms. The van der Waals surface area contributed by atoms with Crippen molar-refractivity contribution in [2.24, 2.45) is 0 Å². The summed E-state index contributed by atoms with van der Waals surface area (Å²) in [6.45, 7) is 0. The summed E-state index contributed by atoms with van der Waals surface area (Å²) in [5.41, 5.74) is -2.64. The Bertz CT molecular complexity index is 991. The van der Waals surface area contributed by atoms with Crippen LogP contribution in [0.1, 0.15) is 15.9 Å². The van der Waals surface area contributed by atoms with Gasteiger partial charge in [0.25, 0.3) is 5.24 Å². The summed E-state index contributed by atoms with van der Waals surface area (Å²) in [4.78, 5) is 11.5. The predicted molar refractivity (Wildman–Crippen MR) is 95.4 cm³/mol. The molecular weight excluding hydrogens is 457 g/mol. The number of rotatable bonds is 6. The van der Waals surface area contributed by atoms with Gasteiger partial charge in [0, 0.05) is 6.07 Å². The first-order chi connectivity index (χ1) is 14.0. The maximum Gasteiger partial charge on any atom is 0.573 e. The second-order valence-electron chi connectivity index (χ2n) is 5.81. The van der Waals surface area contributed by atoms with Gasteiger partial charge in [-0.1, -0.05) is 0 Å². The lowest BCUT2D eigenvalue weighted by molar-refractivity contribution is -0.274. The van der Waals surface area contributed by atoms with Gasteiger partial charge < -0.3 is 14.2 Å². The van der Waals surface area contributed by atoms with Crippen LogP contribution < -0.4 is 14.2 Å². The summed E-state index contributed by atoms with van der Waals surface area (Å²) in [7, 11) is 15.7. The first-order valence-corrected chi connectivity index (χ1v) is 8.08. The number of hydrogen-bond acceptors (Lipinski definition) is 4. The molecule has 0 aliphatic carbocycles. The van der Waals surface area contributed by atoms with Gasteiger partial charge in [-0.25, -0.2) is 4.39 Å². The van der Waals surface area contributed by atoms with Gasteiger partial charge in [-0.2, -0.15) is 13.2 Å². The van der Waals surface area contributed by atoms with Crippen LogP contribution >= 0.6 is 11.6 Å². The lowest BCUT2D eigenvalue weighted by Gasteiger charge is -2.25. The van der Waals surface area contributed by atoms with Crippen LogP contribution in [0.25, 0.3) is 0 Å². The molecule has 0 atom stereocenters. The molecule has 0 aliphatic heterocycles. The fourth-order valence-electron chi connectivity index (χ4n) is 2.17. The van der Waals surface area contributed by atoms with Crippen LogP contribution in [0.5, 0.6) is 23.0 Å². The molecule has 2 rings (SSSR count). The topological polar surface area (TPSA) is 44.8 Å². The highest BCUT2D eigenvalue weighted by Crippen LogP contribution is 2.41. The highest BCUT2D eigenvalue weighted by Gasteiger charge is 2.36. The van der Waals surface area contributed by atoms with Gasteiger partial charge in [-0.3, -0.25) is 4.79 Å². The fourth-order valence-corrected chi connectivity index (χ4v) is 2.31. The molecule has 0 unspecified atom stereocenters. The lowest BCUT2D eigenvalue weighted by atomic mass is 9.52. The van der Waals surface area contributed by atoms with E-state index in [1.54, 1.807) is 0 Å². The molecule has 0 saturated carbocycles. The van der Waals surface area contributed by atoms with Crippen molar-refractivity contribution in [2.45, 2.75) is 17.8 Å². The molecule has 0 amide bonds. The number of alkyl halides is 6. The molecule has 2 aromatic rings. The highest BCUT2D eigenvalue weighted by molar-refractivity contribution is 6.68. The monoisotopic (exact) mass is 462 g/mol. The van der Waals surface area contributed by atoms with E-state index in [4.69, 9.17) is 44.6 Å². The minimum absolute atomic E-state index is 0.120. The van der Waals surface area contributed by atoms with Crippen LogP contribution in [-0.2, 0) is 6.18 Å². The van der Waals surface area contributed by atoms with Crippen molar-refractivity contribution in [2.75, 3.05) is 0 Å². The zero-order valence-corrected chi connectivity index (χ0v) is 15.5. The van der Waals surface area contributed by atoms with Crippen molar-refractivity contribution in [1.29, 1.82) is 0 Å². The molecule has 0 fully saturated rings.